The van der Waals surface area contributed by atoms with E-state index in [1.807, 2.05) is 105 Å². The Kier molecular flexibility index (Phi) is 22.8. The van der Waals surface area contributed by atoms with E-state index in [-0.39, 0.29) is 39.8 Å². The molecular weight excluding hydrogens is 1420 g/mol. The Bertz CT molecular complexity index is 5810. The normalized spacial score (nSPS) is 15.5. The summed E-state index contributed by atoms with van der Waals surface area (Å²) in [5.41, 5.74) is 19.0. The highest BCUT2D eigenvalue weighted by molar-refractivity contribution is 5.80. The van der Waals surface area contributed by atoms with Gasteiger partial charge in [0.2, 0.25) is 0 Å². The zero-order valence-corrected chi connectivity index (χ0v) is 63.5. The number of ether oxygens (including phenoxy) is 4. The zero-order chi connectivity index (χ0) is 77.6. The molecule has 0 spiro atoms. The number of halogens is 2. The van der Waals surface area contributed by atoms with E-state index in [0.717, 1.165) is 149 Å². The zero-order valence-electron chi connectivity index (χ0n) is 63.5. The Morgan fingerprint density at radius 2 is 0.964 bits per heavy atom. The van der Waals surface area contributed by atoms with Gasteiger partial charge in [-0.2, -0.15) is 0 Å². The van der Waals surface area contributed by atoms with Crippen LogP contribution in [0.4, 0.5) is 31.5 Å². The van der Waals surface area contributed by atoms with Crippen molar-refractivity contribution in [2.24, 2.45) is 5.73 Å². The lowest BCUT2D eigenvalue weighted by atomic mass is 10.0. The third kappa shape index (κ3) is 16.9. The van der Waals surface area contributed by atoms with E-state index in [4.69, 9.17) is 34.1 Å². The first kappa shape index (κ1) is 75.8. The SMILES string of the molecule is CCN1CCN(c2ccc3nc(-c4ccc5nc(C)oc5c4)cc(=O)n3c2)CC1.COc1ccc(-c2cc(=O)n3cc(N4CCC(N(C)C)C4)ccc3c2)cc1F.COc1ccc(-c2cc(=O)n3cc(N4CCC(N)CC4)ccc3c2)cc1F.COc1cnc(-c2cc(=O)n3cc(N4CCNCC4)ccc3n2)cc1OC. The molecule has 13 aromatic rings. The first-order chi connectivity index (χ1) is 53.8. The van der Waals surface area contributed by atoms with Crippen molar-refractivity contribution < 1.29 is 32.1 Å². The number of hydrogen-bond acceptors (Lipinski definition) is 21. The van der Waals surface area contributed by atoms with Crippen LogP contribution in [0.3, 0.4) is 0 Å². The summed E-state index contributed by atoms with van der Waals surface area (Å²) in [5, 5.41) is 3.33. The lowest BCUT2D eigenvalue weighted by Gasteiger charge is -2.35. The molecule has 3 N–H and O–H groups in total. The predicted octanol–water partition coefficient (Wildman–Crippen LogP) is 10.4. The van der Waals surface area contributed by atoms with E-state index >= 15 is 0 Å². The summed E-state index contributed by atoms with van der Waals surface area (Å²) in [7, 11) is 10.2. The standard InChI is InChI=1S/C22H24FN3O2.C22H23N5O2.C21H22FN3O2.C19H21N5O3/c1-24(2)18-8-9-25(13-18)19-6-5-17-10-16(12-22(27)26(17)14-19)15-4-7-21(28-3)20(23)11-15;1-3-25-8-10-26(11-9-25)17-5-7-21-24-19(13-22(28)27(21)14-17)16-4-6-18-20(12-16)29-15(2)23-18;1-27-20-5-2-14(11-19(20)22)15-10-17-3-4-18(13-25(17)21(26)12-15)24-8-6-16(23)7-9-24;1-26-16-9-14(21-11-17(16)27-2)15-10-19(25)24-12-13(3-4-18(24)22-15)23-7-5-20-6-8-23/h4-7,10-12,14,18H,8-9,13H2,1-3H3;4-7,12-14H,3,8-11H2,1-2H3;2-5,10-13,16H,6-9,23H2,1H3;3-4,9-12,20H,5-8H2,1-2H3. The Hall–Kier alpha value is -12.0. The highest BCUT2D eigenvalue weighted by Gasteiger charge is 2.26. The highest BCUT2D eigenvalue weighted by atomic mass is 19.1. The highest BCUT2D eigenvalue weighted by Crippen LogP contribution is 2.33. The minimum atomic E-state index is -0.450. The van der Waals surface area contributed by atoms with Crippen LogP contribution in [0.1, 0.15) is 32.1 Å². The van der Waals surface area contributed by atoms with Gasteiger partial charge in [0.15, 0.2) is 46.1 Å². The van der Waals surface area contributed by atoms with Crippen molar-refractivity contribution in [2.75, 3.05) is 147 Å². The number of piperazine rings is 2. The fraction of sp³-hybridized carbons (Fsp3) is 0.310. The van der Waals surface area contributed by atoms with Crippen molar-refractivity contribution in [1.29, 1.82) is 0 Å². The van der Waals surface area contributed by atoms with Gasteiger partial charge in [0.05, 0.1) is 74.5 Å². The van der Waals surface area contributed by atoms with Gasteiger partial charge in [-0.15, -0.1) is 0 Å². The van der Waals surface area contributed by atoms with E-state index in [1.165, 1.54) is 38.5 Å². The number of piperidine rings is 1. The molecule has 4 saturated heterocycles. The number of methoxy groups -OCH3 is 4. The average Bonchev–Trinajstić information content (AvgIpc) is 1.47. The molecule has 25 nitrogen and oxygen atoms in total. The topological polar surface area (TPSA) is 245 Å². The summed E-state index contributed by atoms with van der Waals surface area (Å²) in [6, 6.07) is 43.3. The van der Waals surface area contributed by atoms with E-state index < -0.39 is 11.6 Å². The molecule has 1 atom stereocenters. The van der Waals surface area contributed by atoms with Gasteiger partial charge in [-0.25, -0.2) is 23.7 Å². The van der Waals surface area contributed by atoms with Crippen LogP contribution in [0, 0.1) is 18.6 Å². The van der Waals surface area contributed by atoms with Crippen molar-refractivity contribution >= 4 is 56.2 Å². The maximum atomic E-state index is 14.0. The van der Waals surface area contributed by atoms with Crippen LogP contribution in [0.15, 0.2) is 200 Å². The number of hydrogen-bond donors (Lipinski definition) is 2. The summed E-state index contributed by atoms with van der Waals surface area (Å²) in [6.45, 7) is 16.6. The van der Waals surface area contributed by atoms with Crippen LogP contribution in [0.25, 0.3) is 78.3 Å². The number of aromatic nitrogens is 8. The summed E-state index contributed by atoms with van der Waals surface area (Å²) >= 11 is 0. The van der Waals surface area contributed by atoms with Crippen LogP contribution < -0.4 is 71.8 Å². The molecule has 4 aliphatic heterocycles. The number of benzene rings is 3. The molecule has 14 heterocycles. The largest absolute Gasteiger partial charge is 0.494 e. The number of fused-ring (bicyclic) bond motifs is 5. The van der Waals surface area contributed by atoms with Gasteiger partial charge >= 0.3 is 0 Å². The Morgan fingerprint density at radius 1 is 0.477 bits per heavy atom. The second-order valence-electron chi connectivity index (χ2n) is 28.1. The second-order valence-corrected chi connectivity index (χ2v) is 28.1. The van der Waals surface area contributed by atoms with Crippen molar-refractivity contribution in [3.8, 4) is 67.9 Å². The van der Waals surface area contributed by atoms with Crippen molar-refractivity contribution in [2.45, 2.75) is 45.2 Å². The van der Waals surface area contributed by atoms with E-state index in [0.29, 0.717) is 79.6 Å². The molecule has 1 unspecified atom stereocenters. The molecule has 4 aliphatic rings. The molecule has 4 fully saturated rings. The van der Waals surface area contributed by atoms with Gasteiger partial charge in [0, 0.05) is 169 Å². The first-order valence-electron chi connectivity index (χ1n) is 37.2. The van der Waals surface area contributed by atoms with Gasteiger partial charge in [-0.05, 0) is 159 Å². The van der Waals surface area contributed by atoms with Crippen molar-refractivity contribution in [3.63, 3.8) is 0 Å². The number of anilines is 4. The number of pyridine rings is 7. The van der Waals surface area contributed by atoms with E-state index in [9.17, 15) is 28.0 Å². The summed E-state index contributed by atoms with van der Waals surface area (Å²) < 4.78 is 60.6. The Morgan fingerprint density at radius 3 is 1.50 bits per heavy atom. The van der Waals surface area contributed by atoms with Gasteiger partial charge in [-0.1, -0.05) is 25.1 Å². The number of rotatable bonds is 14. The average molecular weight is 1510 g/mol. The number of oxazole rings is 1. The number of nitrogens with one attached hydrogen (secondary N) is 1. The molecule has 17 rings (SSSR count). The molecule has 0 amide bonds. The number of nitrogens with two attached hydrogens (primary N) is 1. The molecule has 0 aliphatic carbocycles. The molecule has 27 heteroatoms. The second kappa shape index (κ2) is 33.4. The smallest absolute Gasteiger partial charge is 0.258 e. The van der Waals surface area contributed by atoms with Crippen LogP contribution in [-0.4, -0.2) is 187 Å². The molecule has 10 aromatic heterocycles. The quantitative estimate of drug-likeness (QED) is 0.103. The van der Waals surface area contributed by atoms with Gasteiger partial charge in [0.1, 0.15) is 16.8 Å². The number of likely N-dealkylation sites (N-methyl/N-ethyl adjacent to an activating group) is 2. The third-order valence-corrected chi connectivity index (χ3v) is 21.0. The number of aryl methyl sites for hydroxylation is 1. The first-order valence-corrected chi connectivity index (χ1v) is 37.2. The van der Waals surface area contributed by atoms with E-state index in [2.05, 4.69) is 76.8 Å². The van der Waals surface area contributed by atoms with Crippen molar-refractivity contribution in [1.82, 2.24) is 52.7 Å². The third-order valence-electron chi connectivity index (χ3n) is 21.0. The van der Waals surface area contributed by atoms with Gasteiger partial charge in [-0.3, -0.25) is 41.8 Å². The monoisotopic (exact) mass is 1500 g/mol. The fourth-order valence-corrected chi connectivity index (χ4v) is 14.5. The lowest BCUT2D eigenvalue weighted by Crippen LogP contribution is -2.46. The predicted molar refractivity (Wildman–Crippen MR) is 431 cm³/mol. The molecular formula is C84H90F2N16O9. The minimum Gasteiger partial charge on any atom is -0.494 e. The van der Waals surface area contributed by atoms with Crippen LogP contribution >= 0.6 is 0 Å². The molecule has 0 bridgehead atoms. The molecule has 0 saturated carbocycles. The lowest BCUT2D eigenvalue weighted by molar-refractivity contribution is 0.271. The van der Waals surface area contributed by atoms with Crippen LogP contribution in [0.5, 0.6) is 23.0 Å². The van der Waals surface area contributed by atoms with Gasteiger partial charge in [0.25, 0.3) is 22.2 Å². The van der Waals surface area contributed by atoms with Gasteiger partial charge < -0.3 is 63.8 Å². The summed E-state index contributed by atoms with van der Waals surface area (Å²) in [5.74, 6) is 1.16. The molecule has 3 aromatic carbocycles. The summed E-state index contributed by atoms with van der Waals surface area (Å²) in [6.07, 6.45) is 12.1. The molecule has 574 valence electrons. The van der Waals surface area contributed by atoms with Crippen LogP contribution in [0.2, 0.25) is 0 Å². The van der Waals surface area contributed by atoms with E-state index in [1.54, 1.807) is 80.5 Å². The molecule has 111 heavy (non-hydrogen) atoms. The Balaban J connectivity index is 0.000000123. The fourth-order valence-electron chi connectivity index (χ4n) is 14.5. The Labute approximate surface area is 639 Å². The van der Waals surface area contributed by atoms with Crippen molar-refractivity contribution in [3.05, 3.63) is 236 Å². The maximum absolute atomic E-state index is 14.0. The number of nitrogens with zero attached hydrogens (tertiary/aromatic N) is 14. The summed E-state index contributed by atoms with van der Waals surface area (Å²) in [4.78, 5) is 82.7. The maximum Gasteiger partial charge on any atom is 0.258 e. The molecule has 0 radical (unpaired) electrons. The van der Waals surface area contributed by atoms with Crippen LogP contribution in [-0.2, 0) is 0 Å². The minimum absolute atomic E-state index is 0.0899.